The molecule has 1 aliphatic rings. The minimum atomic E-state index is 0.0187. The second-order valence-electron chi connectivity index (χ2n) is 11.7. The van der Waals surface area contributed by atoms with Crippen LogP contribution in [0.1, 0.15) is 108 Å². The Labute approximate surface area is 245 Å². The van der Waals surface area contributed by atoms with E-state index in [1.165, 1.54) is 81.8 Å². The lowest BCUT2D eigenvalue weighted by molar-refractivity contribution is -0.0898. The summed E-state index contributed by atoms with van der Waals surface area (Å²) >= 11 is 0. The quantitative estimate of drug-likeness (QED) is 0.137. The molecule has 0 saturated heterocycles. The van der Waals surface area contributed by atoms with Gasteiger partial charge in [-0.05, 0) is 37.6 Å². The highest BCUT2D eigenvalue weighted by Crippen LogP contribution is 2.33. The largest absolute Gasteiger partial charge is 0.374 e. The second kappa shape index (κ2) is 20.2. The van der Waals surface area contributed by atoms with Gasteiger partial charge in [-0.1, -0.05) is 139 Å². The maximum absolute atomic E-state index is 6.73. The Morgan fingerprint density at radius 3 is 1.68 bits per heavy atom. The van der Waals surface area contributed by atoms with Crippen molar-refractivity contribution in [2.75, 3.05) is 20.2 Å². The molecule has 0 N–H and O–H groups in total. The average molecular weight is 552 g/mol. The third-order valence-electron chi connectivity index (χ3n) is 8.34. The molecule has 224 valence electrons. The normalized spacial score (nSPS) is 20.9. The molecule has 0 bridgehead atoms. The first-order chi connectivity index (χ1) is 19.7. The molecule has 0 spiro atoms. The van der Waals surface area contributed by atoms with Crippen molar-refractivity contribution in [3.8, 4) is 0 Å². The van der Waals surface area contributed by atoms with Crippen LogP contribution in [-0.2, 0) is 27.4 Å². The van der Waals surface area contributed by atoms with Crippen LogP contribution in [0.15, 0.2) is 60.7 Å². The SMILES string of the molecule is CCCCCCCCCN(C)C1C(OCc2ccccc2)CC(OCc2ccccc2)C1OCCCCCCC. The van der Waals surface area contributed by atoms with E-state index in [9.17, 15) is 0 Å². The molecule has 0 aliphatic heterocycles. The third kappa shape index (κ3) is 12.0. The van der Waals surface area contributed by atoms with Crippen molar-refractivity contribution in [2.45, 2.75) is 135 Å². The first-order valence-electron chi connectivity index (χ1n) is 16.4. The molecular weight excluding hydrogens is 494 g/mol. The molecule has 1 saturated carbocycles. The third-order valence-corrected chi connectivity index (χ3v) is 8.34. The number of likely N-dealkylation sites (N-methyl/N-ethyl adjacent to an activating group) is 1. The standard InChI is InChI=1S/C36H57NO3/c1-4-6-8-10-11-12-20-26-37(3)35-33(39-29-31-22-16-14-17-23-31)28-34(40-30-32-24-18-15-19-25-32)36(35)38-27-21-13-9-7-5-2/h14-19,22-25,33-36H,4-13,20-21,26-30H2,1-3H3. The fourth-order valence-electron chi connectivity index (χ4n) is 5.95. The first-order valence-corrected chi connectivity index (χ1v) is 16.4. The minimum absolute atomic E-state index is 0.0187. The summed E-state index contributed by atoms with van der Waals surface area (Å²) < 4.78 is 20.0. The fraction of sp³-hybridized carbons (Fsp3) is 0.667. The van der Waals surface area contributed by atoms with Crippen molar-refractivity contribution in [3.05, 3.63) is 71.8 Å². The van der Waals surface area contributed by atoms with Gasteiger partial charge in [0.1, 0.15) is 6.10 Å². The summed E-state index contributed by atoms with van der Waals surface area (Å²) in [6.07, 6.45) is 16.5. The molecule has 1 fully saturated rings. The molecule has 0 radical (unpaired) electrons. The van der Waals surface area contributed by atoms with Gasteiger partial charge in [0, 0.05) is 13.0 Å². The molecule has 0 heterocycles. The molecule has 4 atom stereocenters. The number of hydrogen-bond donors (Lipinski definition) is 0. The second-order valence-corrected chi connectivity index (χ2v) is 11.7. The van der Waals surface area contributed by atoms with Crippen LogP contribution in [0, 0.1) is 0 Å². The van der Waals surface area contributed by atoms with E-state index in [1.807, 2.05) is 0 Å². The Balaban J connectivity index is 1.66. The van der Waals surface area contributed by atoms with Crippen LogP contribution in [-0.4, -0.2) is 49.5 Å². The zero-order valence-electron chi connectivity index (χ0n) is 25.8. The van der Waals surface area contributed by atoms with E-state index in [0.29, 0.717) is 13.2 Å². The molecule has 0 amide bonds. The Kier molecular flexibility index (Phi) is 16.6. The van der Waals surface area contributed by atoms with Gasteiger partial charge in [0.05, 0.1) is 31.5 Å². The van der Waals surface area contributed by atoms with E-state index in [4.69, 9.17) is 14.2 Å². The zero-order valence-corrected chi connectivity index (χ0v) is 25.8. The maximum atomic E-state index is 6.73. The summed E-state index contributed by atoms with van der Waals surface area (Å²) in [4.78, 5) is 2.52. The predicted octanol–water partition coefficient (Wildman–Crippen LogP) is 8.97. The molecular formula is C36H57NO3. The summed E-state index contributed by atoms with van der Waals surface area (Å²) in [6, 6.07) is 21.3. The molecule has 4 heteroatoms. The minimum Gasteiger partial charge on any atom is -0.374 e. The van der Waals surface area contributed by atoms with E-state index in [-0.39, 0.29) is 24.4 Å². The van der Waals surface area contributed by atoms with E-state index in [2.05, 4.69) is 86.5 Å². The lowest BCUT2D eigenvalue weighted by atomic mass is 10.1. The predicted molar refractivity (Wildman–Crippen MR) is 168 cm³/mol. The first kappa shape index (κ1) is 32.8. The van der Waals surface area contributed by atoms with Crippen molar-refractivity contribution in [2.24, 2.45) is 0 Å². The van der Waals surface area contributed by atoms with Gasteiger partial charge in [0.2, 0.25) is 0 Å². The zero-order chi connectivity index (χ0) is 28.3. The maximum Gasteiger partial charge on any atom is 0.102 e. The smallest absolute Gasteiger partial charge is 0.102 e. The van der Waals surface area contributed by atoms with Crippen molar-refractivity contribution < 1.29 is 14.2 Å². The highest BCUT2D eigenvalue weighted by atomic mass is 16.6. The summed E-state index contributed by atoms with van der Waals surface area (Å²) in [7, 11) is 2.28. The van der Waals surface area contributed by atoms with E-state index in [0.717, 1.165) is 26.0 Å². The van der Waals surface area contributed by atoms with Crippen LogP contribution in [0.3, 0.4) is 0 Å². The van der Waals surface area contributed by atoms with Crippen LogP contribution in [0.2, 0.25) is 0 Å². The van der Waals surface area contributed by atoms with Gasteiger partial charge in [-0.15, -0.1) is 0 Å². The van der Waals surface area contributed by atoms with Crippen LogP contribution < -0.4 is 0 Å². The highest BCUT2D eigenvalue weighted by Gasteiger charge is 2.47. The summed E-state index contributed by atoms with van der Waals surface area (Å²) in [5.74, 6) is 0. The summed E-state index contributed by atoms with van der Waals surface area (Å²) in [5.41, 5.74) is 2.43. The van der Waals surface area contributed by atoms with Gasteiger partial charge in [-0.25, -0.2) is 0 Å². The lowest BCUT2D eigenvalue weighted by Crippen LogP contribution is -2.48. The highest BCUT2D eigenvalue weighted by molar-refractivity contribution is 5.15. The average Bonchev–Trinajstić information content (AvgIpc) is 3.34. The fourth-order valence-corrected chi connectivity index (χ4v) is 5.95. The Morgan fingerprint density at radius 2 is 1.10 bits per heavy atom. The van der Waals surface area contributed by atoms with Crippen LogP contribution in [0.25, 0.3) is 0 Å². The summed E-state index contributed by atoms with van der Waals surface area (Å²) in [6.45, 7) is 7.67. The number of benzene rings is 2. The molecule has 2 aromatic carbocycles. The summed E-state index contributed by atoms with van der Waals surface area (Å²) in [5, 5.41) is 0. The number of rotatable bonds is 22. The van der Waals surface area contributed by atoms with E-state index >= 15 is 0 Å². The molecule has 0 aromatic heterocycles. The van der Waals surface area contributed by atoms with Crippen molar-refractivity contribution in [1.82, 2.24) is 4.90 Å². The van der Waals surface area contributed by atoms with Crippen molar-refractivity contribution in [3.63, 3.8) is 0 Å². The molecule has 1 aliphatic carbocycles. The van der Waals surface area contributed by atoms with Crippen LogP contribution >= 0.6 is 0 Å². The number of ether oxygens (including phenoxy) is 3. The molecule has 40 heavy (non-hydrogen) atoms. The molecule has 2 aromatic rings. The van der Waals surface area contributed by atoms with Gasteiger partial charge >= 0.3 is 0 Å². The molecule has 4 unspecified atom stereocenters. The number of nitrogens with zero attached hydrogens (tertiary/aromatic N) is 1. The van der Waals surface area contributed by atoms with Gasteiger partial charge in [-0.2, -0.15) is 0 Å². The number of hydrogen-bond acceptors (Lipinski definition) is 4. The van der Waals surface area contributed by atoms with Gasteiger partial charge in [0.25, 0.3) is 0 Å². The van der Waals surface area contributed by atoms with Crippen molar-refractivity contribution >= 4 is 0 Å². The Hall–Kier alpha value is -1.72. The van der Waals surface area contributed by atoms with Crippen molar-refractivity contribution in [1.29, 1.82) is 0 Å². The van der Waals surface area contributed by atoms with Gasteiger partial charge in [-0.3, -0.25) is 4.90 Å². The Morgan fingerprint density at radius 1 is 0.600 bits per heavy atom. The van der Waals surface area contributed by atoms with E-state index in [1.54, 1.807) is 0 Å². The number of unbranched alkanes of at least 4 members (excludes halogenated alkanes) is 10. The lowest BCUT2D eigenvalue weighted by Gasteiger charge is -2.34. The molecule has 3 rings (SSSR count). The molecule has 4 nitrogen and oxygen atoms in total. The van der Waals surface area contributed by atoms with Gasteiger partial charge in [0.15, 0.2) is 0 Å². The monoisotopic (exact) mass is 551 g/mol. The van der Waals surface area contributed by atoms with Crippen LogP contribution in [0.4, 0.5) is 0 Å². The van der Waals surface area contributed by atoms with Gasteiger partial charge < -0.3 is 14.2 Å². The van der Waals surface area contributed by atoms with Crippen LogP contribution in [0.5, 0.6) is 0 Å². The van der Waals surface area contributed by atoms with E-state index < -0.39 is 0 Å². The Bertz CT molecular complexity index is 861. The topological polar surface area (TPSA) is 30.9 Å².